The van der Waals surface area contributed by atoms with Crippen molar-refractivity contribution in [1.82, 2.24) is 15.1 Å². The van der Waals surface area contributed by atoms with Crippen molar-refractivity contribution in [3.63, 3.8) is 0 Å². The van der Waals surface area contributed by atoms with E-state index in [4.69, 9.17) is 0 Å². The molecule has 3 aliphatic rings. The fourth-order valence-corrected chi connectivity index (χ4v) is 5.44. The number of hydrogen-bond donors (Lipinski definition) is 1. The van der Waals surface area contributed by atoms with Gasteiger partial charge >= 0.3 is 0 Å². The molecule has 3 amide bonds. The second-order valence-electron chi connectivity index (χ2n) is 9.83. The summed E-state index contributed by atoms with van der Waals surface area (Å²) in [5, 5.41) is 3.12. The summed E-state index contributed by atoms with van der Waals surface area (Å²) in [6, 6.07) is 10.1. The molecule has 4 rings (SSSR count). The van der Waals surface area contributed by atoms with Gasteiger partial charge in [-0.15, -0.1) is 0 Å². The third-order valence-corrected chi connectivity index (χ3v) is 7.39. The standard InChI is InChI=1S/C27H37N3O3/c1-20-24(27(33)29-15-9-2-3-10-16-29)17-22(18-25(31)28-23-13-7-8-14-23)26(32)30(20)19-21-11-5-4-6-12-21/h4-6,11-12,22-23H,2-3,7-10,13-19H2,1H3,(H,28,31). The monoisotopic (exact) mass is 451 g/mol. The maximum absolute atomic E-state index is 13.6. The van der Waals surface area contributed by atoms with E-state index in [0.717, 1.165) is 75.7 Å². The highest BCUT2D eigenvalue weighted by molar-refractivity contribution is 5.98. The summed E-state index contributed by atoms with van der Waals surface area (Å²) < 4.78 is 0. The molecule has 1 aromatic rings. The van der Waals surface area contributed by atoms with E-state index in [1.54, 1.807) is 4.90 Å². The predicted molar refractivity (Wildman–Crippen MR) is 128 cm³/mol. The van der Waals surface area contributed by atoms with Crippen molar-refractivity contribution in [2.24, 2.45) is 5.92 Å². The molecule has 2 heterocycles. The van der Waals surface area contributed by atoms with E-state index in [0.29, 0.717) is 18.5 Å². The first kappa shape index (κ1) is 23.5. The van der Waals surface area contributed by atoms with Crippen LogP contribution in [0.2, 0.25) is 0 Å². The summed E-state index contributed by atoms with van der Waals surface area (Å²) in [6.45, 7) is 3.86. The Morgan fingerprint density at radius 1 is 0.970 bits per heavy atom. The van der Waals surface area contributed by atoms with E-state index in [2.05, 4.69) is 5.32 Å². The van der Waals surface area contributed by atoms with Gasteiger partial charge < -0.3 is 15.1 Å². The Kier molecular flexibility index (Phi) is 7.84. The van der Waals surface area contributed by atoms with Gasteiger partial charge in [-0.3, -0.25) is 14.4 Å². The van der Waals surface area contributed by atoms with Gasteiger partial charge in [0, 0.05) is 36.8 Å². The fraction of sp³-hybridized carbons (Fsp3) is 0.593. The van der Waals surface area contributed by atoms with E-state index in [9.17, 15) is 14.4 Å². The van der Waals surface area contributed by atoms with Crippen LogP contribution in [0, 0.1) is 5.92 Å². The van der Waals surface area contributed by atoms with Crippen LogP contribution < -0.4 is 5.32 Å². The van der Waals surface area contributed by atoms with Gasteiger partial charge in [-0.25, -0.2) is 0 Å². The Bertz CT molecular complexity index is 881. The zero-order valence-corrected chi connectivity index (χ0v) is 19.9. The van der Waals surface area contributed by atoms with Gasteiger partial charge in [0.25, 0.3) is 5.91 Å². The molecular weight excluding hydrogens is 414 g/mol. The molecule has 0 spiro atoms. The van der Waals surface area contributed by atoms with E-state index < -0.39 is 5.92 Å². The lowest BCUT2D eigenvalue weighted by Gasteiger charge is -2.36. The minimum Gasteiger partial charge on any atom is -0.353 e. The van der Waals surface area contributed by atoms with E-state index >= 15 is 0 Å². The van der Waals surface area contributed by atoms with Gasteiger partial charge in [-0.05, 0) is 44.6 Å². The van der Waals surface area contributed by atoms with Crippen LogP contribution in [0.3, 0.4) is 0 Å². The van der Waals surface area contributed by atoms with Crippen LogP contribution in [-0.2, 0) is 20.9 Å². The molecule has 1 aromatic carbocycles. The van der Waals surface area contributed by atoms with Crippen LogP contribution in [-0.4, -0.2) is 46.7 Å². The fourth-order valence-electron chi connectivity index (χ4n) is 5.44. The normalized spacial score (nSPS) is 22.5. The van der Waals surface area contributed by atoms with Crippen molar-refractivity contribution in [2.75, 3.05) is 13.1 Å². The first-order valence-corrected chi connectivity index (χ1v) is 12.7. The number of benzene rings is 1. The van der Waals surface area contributed by atoms with Crippen LogP contribution in [0.1, 0.15) is 76.7 Å². The molecule has 1 atom stereocenters. The first-order valence-electron chi connectivity index (χ1n) is 12.7. The third kappa shape index (κ3) is 5.84. The van der Waals surface area contributed by atoms with Gasteiger partial charge in [0.2, 0.25) is 11.8 Å². The maximum Gasteiger partial charge on any atom is 0.251 e. The van der Waals surface area contributed by atoms with Crippen molar-refractivity contribution in [1.29, 1.82) is 0 Å². The Morgan fingerprint density at radius 3 is 2.30 bits per heavy atom. The average molecular weight is 452 g/mol. The molecule has 6 nitrogen and oxygen atoms in total. The molecule has 33 heavy (non-hydrogen) atoms. The highest BCUT2D eigenvalue weighted by Crippen LogP contribution is 2.32. The Labute approximate surface area is 197 Å². The largest absolute Gasteiger partial charge is 0.353 e. The second-order valence-corrected chi connectivity index (χ2v) is 9.83. The first-order chi connectivity index (χ1) is 16.0. The lowest BCUT2D eigenvalue weighted by atomic mass is 9.88. The topological polar surface area (TPSA) is 69.7 Å². The molecule has 0 radical (unpaired) electrons. The molecule has 1 saturated heterocycles. The van der Waals surface area contributed by atoms with Gasteiger partial charge in [-0.1, -0.05) is 56.0 Å². The van der Waals surface area contributed by atoms with E-state index in [1.807, 2.05) is 42.2 Å². The molecule has 178 valence electrons. The summed E-state index contributed by atoms with van der Waals surface area (Å²) in [5.74, 6) is -0.572. The van der Waals surface area contributed by atoms with Gasteiger partial charge in [0.05, 0.1) is 12.5 Å². The summed E-state index contributed by atoms with van der Waals surface area (Å²) >= 11 is 0. The zero-order valence-electron chi connectivity index (χ0n) is 19.9. The summed E-state index contributed by atoms with van der Waals surface area (Å²) in [5.41, 5.74) is 2.46. The van der Waals surface area contributed by atoms with Crippen LogP contribution in [0.5, 0.6) is 0 Å². The van der Waals surface area contributed by atoms with Gasteiger partial charge in [0.1, 0.15) is 0 Å². The number of allylic oxidation sites excluding steroid dienone is 1. The average Bonchev–Trinajstić information content (AvgIpc) is 3.17. The SMILES string of the molecule is CC1=C(C(=O)N2CCCCCC2)CC(CC(=O)NC2CCCC2)C(=O)N1Cc1ccccc1. The number of amides is 3. The number of rotatable bonds is 6. The van der Waals surface area contributed by atoms with Crippen molar-refractivity contribution < 1.29 is 14.4 Å². The second kappa shape index (κ2) is 11.0. The number of hydrogen-bond acceptors (Lipinski definition) is 3. The minimum absolute atomic E-state index is 0.0427. The van der Waals surface area contributed by atoms with Crippen molar-refractivity contribution in [3.8, 4) is 0 Å². The minimum atomic E-state index is -0.496. The quantitative estimate of drug-likeness (QED) is 0.706. The van der Waals surface area contributed by atoms with E-state index in [1.165, 1.54) is 0 Å². The zero-order chi connectivity index (χ0) is 23.2. The molecule has 0 aromatic heterocycles. The summed E-state index contributed by atoms with van der Waals surface area (Å²) in [7, 11) is 0. The molecule has 1 unspecified atom stereocenters. The highest BCUT2D eigenvalue weighted by atomic mass is 16.2. The van der Waals surface area contributed by atoms with Crippen LogP contribution in [0.25, 0.3) is 0 Å². The molecule has 6 heteroatoms. The predicted octanol–water partition coefficient (Wildman–Crippen LogP) is 4.16. The van der Waals surface area contributed by atoms with Crippen molar-refractivity contribution in [2.45, 2.75) is 83.7 Å². The smallest absolute Gasteiger partial charge is 0.251 e. The molecular formula is C27H37N3O3. The highest BCUT2D eigenvalue weighted by Gasteiger charge is 2.38. The molecule has 2 aliphatic heterocycles. The third-order valence-electron chi connectivity index (χ3n) is 7.39. The molecule has 1 aliphatic carbocycles. The summed E-state index contributed by atoms with van der Waals surface area (Å²) in [4.78, 5) is 43.5. The Morgan fingerprint density at radius 2 is 1.64 bits per heavy atom. The van der Waals surface area contributed by atoms with Crippen LogP contribution >= 0.6 is 0 Å². The van der Waals surface area contributed by atoms with Gasteiger partial charge in [-0.2, -0.15) is 0 Å². The Balaban J connectivity index is 1.55. The number of nitrogens with zero attached hydrogens (tertiary/aromatic N) is 2. The van der Waals surface area contributed by atoms with Crippen LogP contribution in [0.15, 0.2) is 41.6 Å². The van der Waals surface area contributed by atoms with Crippen LogP contribution in [0.4, 0.5) is 0 Å². The van der Waals surface area contributed by atoms with Crippen molar-refractivity contribution in [3.05, 3.63) is 47.2 Å². The molecule has 0 bridgehead atoms. The maximum atomic E-state index is 13.6. The number of likely N-dealkylation sites (tertiary alicyclic amines) is 1. The van der Waals surface area contributed by atoms with Crippen molar-refractivity contribution >= 4 is 17.7 Å². The molecule has 1 N–H and O–H groups in total. The Hall–Kier alpha value is -2.63. The number of carbonyl (C=O) groups is 3. The number of carbonyl (C=O) groups excluding carboxylic acids is 3. The van der Waals surface area contributed by atoms with E-state index in [-0.39, 0.29) is 30.2 Å². The summed E-state index contributed by atoms with van der Waals surface area (Å²) in [6.07, 6.45) is 9.19. The molecule has 1 saturated carbocycles. The molecule has 2 fully saturated rings. The van der Waals surface area contributed by atoms with Gasteiger partial charge in [0.15, 0.2) is 0 Å². The lowest BCUT2D eigenvalue weighted by Crippen LogP contribution is -2.45. The lowest BCUT2D eigenvalue weighted by molar-refractivity contribution is -0.139. The number of nitrogens with one attached hydrogen (secondary N) is 1.